The molecule has 1 rings (SSSR count). The lowest BCUT2D eigenvalue weighted by atomic mass is 9.98. The van der Waals surface area contributed by atoms with Crippen LogP contribution in [0.15, 0.2) is 17.0 Å². The summed E-state index contributed by atoms with van der Waals surface area (Å²) in [6.45, 7) is 6.56. The van der Waals surface area contributed by atoms with Crippen molar-refractivity contribution in [2.24, 2.45) is 11.8 Å². The number of hydrogen-bond acceptors (Lipinski definition) is 5. The van der Waals surface area contributed by atoms with E-state index in [9.17, 15) is 28.4 Å². The molecule has 0 bridgehead atoms. The van der Waals surface area contributed by atoms with E-state index < -0.39 is 26.8 Å². The molecule has 1 unspecified atom stereocenters. The van der Waals surface area contributed by atoms with Crippen LogP contribution in [0.4, 0.5) is 5.69 Å². The number of carbonyl (C=O) groups is 1. The SMILES string of the molecule is Cc1cc([N+](=O)[O-])cc(S(=O)(=O)NCC(CC(C)C)C(=O)O)c1C. The van der Waals surface area contributed by atoms with Crippen molar-refractivity contribution in [2.45, 2.75) is 39.0 Å². The molecule has 0 aliphatic rings. The predicted molar refractivity (Wildman–Crippen MR) is 88.3 cm³/mol. The van der Waals surface area contributed by atoms with Crippen molar-refractivity contribution in [3.8, 4) is 0 Å². The van der Waals surface area contributed by atoms with E-state index >= 15 is 0 Å². The van der Waals surface area contributed by atoms with Gasteiger partial charge in [0, 0.05) is 18.7 Å². The Morgan fingerprint density at radius 1 is 1.33 bits per heavy atom. The summed E-state index contributed by atoms with van der Waals surface area (Å²) in [5.41, 5.74) is 0.542. The van der Waals surface area contributed by atoms with E-state index in [1.807, 2.05) is 13.8 Å². The average Bonchev–Trinajstić information content (AvgIpc) is 2.45. The average molecular weight is 358 g/mol. The maximum Gasteiger partial charge on any atom is 0.307 e. The maximum atomic E-state index is 12.5. The van der Waals surface area contributed by atoms with E-state index in [0.717, 1.165) is 6.07 Å². The summed E-state index contributed by atoms with van der Waals surface area (Å²) in [6.07, 6.45) is 0.324. The third-order valence-corrected chi connectivity index (χ3v) is 5.28. The van der Waals surface area contributed by atoms with Crippen molar-refractivity contribution in [3.05, 3.63) is 33.4 Å². The number of nitrogens with zero attached hydrogens (tertiary/aromatic N) is 1. The number of rotatable bonds is 8. The normalized spacial score (nSPS) is 13.0. The van der Waals surface area contributed by atoms with Gasteiger partial charge in [-0.05, 0) is 37.3 Å². The highest BCUT2D eigenvalue weighted by Crippen LogP contribution is 2.25. The summed E-state index contributed by atoms with van der Waals surface area (Å²) >= 11 is 0. The van der Waals surface area contributed by atoms with E-state index in [-0.39, 0.29) is 23.0 Å². The molecule has 2 N–H and O–H groups in total. The number of hydrogen-bond donors (Lipinski definition) is 2. The quantitative estimate of drug-likeness (QED) is 0.542. The summed E-state index contributed by atoms with van der Waals surface area (Å²) in [5.74, 6) is -1.85. The van der Waals surface area contributed by atoms with Crippen molar-refractivity contribution < 1.29 is 23.2 Å². The second kappa shape index (κ2) is 7.71. The predicted octanol–water partition coefficient (Wildman–Crippen LogP) is 2.24. The summed E-state index contributed by atoms with van der Waals surface area (Å²) in [6, 6.07) is 2.29. The van der Waals surface area contributed by atoms with E-state index in [1.54, 1.807) is 13.8 Å². The third kappa shape index (κ3) is 5.00. The van der Waals surface area contributed by atoms with Crippen LogP contribution in [0.25, 0.3) is 0 Å². The fraction of sp³-hybridized carbons (Fsp3) is 0.533. The molecule has 1 aromatic rings. The zero-order valence-electron chi connectivity index (χ0n) is 14.1. The molecule has 0 aliphatic carbocycles. The van der Waals surface area contributed by atoms with Crippen molar-refractivity contribution in [3.63, 3.8) is 0 Å². The number of carboxylic acids is 1. The highest BCUT2D eigenvalue weighted by Gasteiger charge is 2.25. The van der Waals surface area contributed by atoms with Gasteiger partial charge in [0.1, 0.15) is 0 Å². The standard InChI is InChI=1S/C15H22N2O6S/c1-9(2)5-12(15(18)19)8-16-24(22,23)14-7-13(17(20)21)6-10(3)11(14)4/h6-7,9,12,16H,5,8H2,1-4H3,(H,18,19). The number of sulfonamides is 1. The summed E-state index contributed by atoms with van der Waals surface area (Å²) in [5, 5.41) is 20.1. The van der Waals surface area contributed by atoms with Crippen LogP contribution in [-0.4, -0.2) is 31.0 Å². The van der Waals surface area contributed by atoms with Crippen molar-refractivity contribution in [2.75, 3.05) is 6.54 Å². The Bertz CT molecular complexity index is 743. The van der Waals surface area contributed by atoms with Crippen molar-refractivity contribution >= 4 is 21.7 Å². The third-order valence-electron chi connectivity index (χ3n) is 3.73. The first kappa shape index (κ1) is 20.0. The lowest BCUT2D eigenvalue weighted by Crippen LogP contribution is -2.34. The molecule has 0 radical (unpaired) electrons. The molecule has 0 heterocycles. The van der Waals surface area contributed by atoms with Crippen LogP contribution in [0, 0.1) is 35.8 Å². The van der Waals surface area contributed by atoms with Gasteiger partial charge in [0.15, 0.2) is 0 Å². The van der Waals surface area contributed by atoms with E-state index in [2.05, 4.69) is 4.72 Å². The molecular formula is C15H22N2O6S. The molecule has 0 aliphatic heterocycles. The van der Waals surface area contributed by atoms with Gasteiger partial charge in [-0.2, -0.15) is 0 Å². The van der Waals surface area contributed by atoms with Gasteiger partial charge in [0.05, 0.1) is 15.7 Å². The number of aliphatic carboxylic acids is 1. The Labute approximate surface area is 141 Å². The van der Waals surface area contributed by atoms with Crippen LogP contribution >= 0.6 is 0 Å². The fourth-order valence-corrected chi connectivity index (χ4v) is 3.74. The fourth-order valence-electron chi connectivity index (χ4n) is 2.32. The minimum atomic E-state index is -4.05. The molecule has 0 amide bonds. The van der Waals surface area contributed by atoms with Crippen LogP contribution in [0.3, 0.4) is 0 Å². The summed E-state index contributed by atoms with van der Waals surface area (Å²) < 4.78 is 27.2. The number of non-ortho nitro benzene ring substituents is 1. The van der Waals surface area contributed by atoms with Gasteiger partial charge in [0.2, 0.25) is 10.0 Å². The Morgan fingerprint density at radius 2 is 1.92 bits per heavy atom. The molecule has 0 saturated heterocycles. The Hall–Kier alpha value is -2.00. The number of nitrogens with one attached hydrogen (secondary N) is 1. The van der Waals surface area contributed by atoms with Gasteiger partial charge in [-0.1, -0.05) is 13.8 Å². The van der Waals surface area contributed by atoms with Crippen molar-refractivity contribution in [1.82, 2.24) is 4.72 Å². The first-order valence-electron chi connectivity index (χ1n) is 7.43. The van der Waals surface area contributed by atoms with Gasteiger partial charge in [-0.25, -0.2) is 13.1 Å². The number of benzene rings is 1. The van der Waals surface area contributed by atoms with Gasteiger partial charge in [-0.3, -0.25) is 14.9 Å². The first-order valence-corrected chi connectivity index (χ1v) is 8.92. The van der Waals surface area contributed by atoms with Crippen LogP contribution in [0.1, 0.15) is 31.4 Å². The highest BCUT2D eigenvalue weighted by atomic mass is 32.2. The van der Waals surface area contributed by atoms with Crippen molar-refractivity contribution in [1.29, 1.82) is 0 Å². The molecule has 0 aromatic heterocycles. The molecule has 0 saturated carbocycles. The van der Waals surface area contributed by atoms with Gasteiger partial charge < -0.3 is 5.11 Å². The minimum absolute atomic E-state index is 0.0948. The molecule has 0 spiro atoms. The number of nitro groups is 1. The lowest BCUT2D eigenvalue weighted by molar-refractivity contribution is -0.385. The topological polar surface area (TPSA) is 127 Å². The number of carboxylic acid groups (broad SMARTS) is 1. The van der Waals surface area contributed by atoms with Gasteiger partial charge in [0.25, 0.3) is 5.69 Å². The van der Waals surface area contributed by atoms with Gasteiger partial charge >= 0.3 is 5.97 Å². The number of nitro benzene ring substituents is 1. The molecular weight excluding hydrogens is 336 g/mol. The number of aryl methyl sites for hydroxylation is 1. The molecule has 1 aromatic carbocycles. The smallest absolute Gasteiger partial charge is 0.307 e. The molecule has 134 valence electrons. The maximum absolute atomic E-state index is 12.5. The van der Waals surface area contributed by atoms with E-state index in [0.29, 0.717) is 17.5 Å². The Kier molecular flexibility index (Phi) is 6.44. The molecule has 8 nitrogen and oxygen atoms in total. The minimum Gasteiger partial charge on any atom is -0.481 e. The lowest BCUT2D eigenvalue weighted by Gasteiger charge is -2.16. The Morgan fingerprint density at radius 3 is 2.38 bits per heavy atom. The van der Waals surface area contributed by atoms with Crippen LogP contribution in [0.5, 0.6) is 0 Å². The molecule has 24 heavy (non-hydrogen) atoms. The van der Waals surface area contributed by atoms with Crippen LogP contribution < -0.4 is 4.72 Å². The monoisotopic (exact) mass is 358 g/mol. The highest BCUT2D eigenvalue weighted by molar-refractivity contribution is 7.89. The first-order chi connectivity index (χ1) is 11.0. The van der Waals surface area contributed by atoms with Crippen LogP contribution in [-0.2, 0) is 14.8 Å². The molecule has 1 atom stereocenters. The summed E-state index contributed by atoms with van der Waals surface area (Å²) in [7, 11) is -4.05. The summed E-state index contributed by atoms with van der Waals surface area (Å²) in [4.78, 5) is 21.3. The zero-order chi connectivity index (χ0) is 18.7. The van der Waals surface area contributed by atoms with Crippen LogP contribution in [0.2, 0.25) is 0 Å². The molecule has 9 heteroatoms. The second-order valence-corrected chi connectivity index (χ2v) is 7.89. The zero-order valence-corrected chi connectivity index (χ0v) is 14.9. The van der Waals surface area contributed by atoms with E-state index in [4.69, 9.17) is 0 Å². The molecule has 0 fully saturated rings. The second-order valence-electron chi connectivity index (χ2n) is 6.16. The Balaban J connectivity index is 3.12. The largest absolute Gasteiger partial charge is 0.481 e. The van der Waals surface area contributed by atoms with Gasteiger partial charge in [-0.15, -0.1) is 0 Å². The van der Waals surface area contributed by atoms with E-state index in [1.165, 1.54) is 6.07 Å².